The Hall–Kier alpha value is -0.770. The molecule has 0 spiro atoms. The van der Waals surface area contributed by atoms with Crippen LogP contribution in [0.3, 0.4) is 0 Å². The molecule has 4 heteroatoms. The third kappa shape index (κ3) is 2.48. The fraction of sp³-hybridized carbons (Fsp3) is 0.500. The van der Waals surface area contributed by atoms with Gasteiger partial charge in [0.05, 0.1) is 6.61 Å². The zero-order valence-corrected chi connectivity index (χ0v) is 10.1. The fourth-order valence-corrected chi connectivity index (χ4v) is 2.17. The first-order valence-corrected chi connectivity index (χ1v) is 5.95. The maximum atomic E-state index is 9.18. The Balaban J connectivity index is 2.14. The number of halogens is 1. The first kappa shape index (κ1) is 11.7. The Labute approximate surface area is 101 Å². The summed E-state index contributed by atoms with van der Waals surface area (Å²) >= 11 is 5.87. The van der Waals surface area contributed by atoms with Crippen molar-refractivity contribution in [3.05, 3.63) is 29.3 Å². The van der Waals surface area contributed by atoms with Crippen LogP contribution >= 0.6 is 11.6 Å². The molecule has 0 aromatic heterocycles. The van der Waals surface area contributed by atoms with Crippen LogP contribution < -0.4 is 10.2 Å². The molecule has 0 aliphatic carbocycles. The molecule has 2 N–H and O–H groups in total. The Morgan fingerprint density at radius 1 is 1.44 bits per heavy atom. The minimum Gasteiger partial charge on any atom is -0.395 e. The fourth-order valence-electron chi connectivity index (χ4n) is 2.04. The van der Waals surface area contributed by atoms with Crippen molar-refractivity contribution in [2.24, 2.45) is 0 Å². The quantitative estimate of drug-likeness (QED) is 0.823. The van der Waals surface area contributed by atoms with Crippen LogP contribution in [-0.2, 0) is 0 Å². The summed E-state index contributed by atoms with van der Waals surface area (Å²) in [6.07, 6.45) is 0. The van der Waals surface area contributed by atoms with E-state index >= 15 is 0 Å². The highest BCUT2D eigenvalue weighted by Gasteiger charge is 2.24. The molecular formula is C12H17ClN2O. The molecule has 0 bridgehead atoms. The van der Waals surface area contributed by atoms with E-state index in [2.05, 4.69) is 17.1 Å². The zero-order chi connectivity index (χ0) is 11.5. The van der Waals surface area contributed by atoms with Gasteiger partial charge in [-0.2, -0.15) is 0 Å². The second-order valence-corrected chi connectivity index (χ2v) is 4.70. The summed E-state index contributed by atoms with van der Waals surface area (Å²) in [5, 5.41) is 13.2. The number of nitrogens with one attached hydrogen (secondary N) is 1. The highest BCUT2D eigenvalue weighted by Crippen LogP contribution is 2.21. The molecule has 1 fully saturated rings. The highest BCUT2D eigenvalue weighted by atomic mass is 35.5. The Morgan fingerprint density at radius 3 is 2.75 bits per heavy atom. The van der Waals surface area contributed by atoms with Gasteiger partial charge in [-0.25, -0.2) is 0 Å². The third-order valence-electron chi connectivity index (χ3n) is 3.03. The van der Waals surface area contributed by atoms with Gasteiger partial charge in [-0.1, -0.05) is 11.6 Å². The predicted molar refractivity (Wildman–Crippen MR) is 67.1 cm³/mol. The molecular weight excluding hydrogens is 224 g/mol. The molecule has 2 atom stereocenters. The van der Waals surface area contributed by atoms with E-state index in [0.717, 1.165) is 23.8 Å². The van der Waals surface area contributed by atoms with E-state index in [1.54, 1.807) is 0 Å². The van der Waals surface area contributed by atoms with Gasteiger partial charge < -0.3 is 15.3 Å². The second-order valence-electron chi connectivity index (χ2n) is 4.27. The van der Waals surface area contributed by atoms with Gasteiger partial charge in [0.2, 0.25) is 0 Å². The van der Waals surface area contributed by atoms with E-state index in [4.69, 9.17) is 11.6 Å². The normalized spacial score (nSPS) is 25.8. The van der Waals surface area contributed by atoms with Gasteiger partial charge in [0.1, 0.15) is 0 Å². The van der Waals surface area contributed by atoms with Gasteiger partial charge >= 0.3 is 0 Å². The van der Waals surface area contributed by atoms with Crippen LogP contribution in [0.25, 0.3) is 0 Å². The topological polar surface area (TPSA) is 35.5 Å². The van der Waals surface area contributed by atoms with Crippen molar-refractivity contribution in [1.82, 2.24) is 5.32 Å². The number of anilines is 1. The van der Waals surface area contributed by atoms with Gasteiger partial charge in [0, 0.05) is 35.9 Å². The van der Waals surface area contributed by atoms with Crippen LogP contribution in [0, 0.1) is 0 Å². The number of aliphatic hydroxyl groups excluding tert-OH is 1. The van der Waals surface area contributed by atoms with Crippen LogP contribution in [0.5, 0.6) is 0 Å². The lowest BCUT2D eigenvalue weighted by molar-refractivity contribution is 0.227. The highest BCUT2D eigenvalue weighted by molar-refractivity contribution is 6.30. The minimum atomic E-state index is 0.159. The Bertz CT molecular complexity index is 341. The number of rotatable bonds is 2. The van der Waals surface area contributed by atoms with E-state index in [9.17, 15) is 5.11 Å². The molecule has 1 aliphatic heterocycles. The molecule has 3 nitrogen and oxygen atoms in total. The maximum absolute atomic E-state index is 9.18. The monoisotopic (exact) mass is 240 g/mol. The van der Waals surface area contributed by atoms with Crippen molar-refractivity contribution in [1.29, 1.82) is 0 Å². The second kappa shape index (κ2) is 5.04. The van der Waals surface area contributed by atoms with Gasteiger partial charge in [0.15, 0.2) is 0 Å². The van der Waals surface area contributed by atoms with E-state index < -0.39 is 0 Å². The summed E-state index contributed by atoms with van der Waals surface area (Å²) in [5.74, 6) is 0. The average molecular weight is 241 g/mol. The van der Waals surface area contributed by atoms with E-state index in [1.165, 1.54) is 0 Å². The first-order valence-electron chi connectivity index (χ1n) is 5.57. The number of piperazine rings is 1. The average Bonchev–Trinajstić information content (AvgIpc) is 2.31. The number of hydrogen-bond acceptors (Lipinski definition) is 3. The summed E-state index contributed by atoms with van der Waals surface area (Å²) in [4.78, 5) is 2.30. The lowest BCUT2D eigenvalue weighted by Gasteiger charge is -2.39. The molecule has 0 amide bonds. The number of aliphatic hydroxyl groups is 1. The van der Waals surface area contributed by atoms with Crippen molar-refractivity contribution in [2.45, 2.75) is 19.0 Å². The lowest BCUT2D eigenvalue weighted by Crippen LogP contribution is -2.56. The maximum Gasteiger partial charge on any atom is 0.0601 e. The van der Waals surface area contributed by atoms with E-state index in [-0.39, 0.29) is 12.6 Å². The van der Waals surface area contributed by atoms with Gasteiger partial charge in [-0.3, -0.25) is 0 Å². The predicted octanol–water partition coefficient (Wildman–Crippen LogP) is 1.50. The van der Waals surface area contributed by atoms with Crippen molar-refractivity contribution in [2.75, 3.05) is 24.6 Å². The molecule has 1 aromatic rings. The van der Waals surface area contributed by atoms with Crippen molar-refractivity contribution in [3.63, 3.8) is 0 Å². The molecule has 0 radical (unpaired) electrons. The number of benzene rings is 1. The molecule has 88 valence electrons. The number of nitrogens with zero attached hydrogens (tertiary/aromatic N) is 1. The molecule has 2 rings (SSSR count). The van der Waals surface area contributed by atoms with E-state index in [1.807, 2.05) is 24.3 Å². The van der Waals surface area contributed by atoms with Crippen molar-refractivity contribution in [3.8, 4) is 0 Å². The van der Waals surface area contributed by atoms with Crippen LogP contribution in [0.15, 0.2) is 24.3 Å². The molecule has 1 aliphatic rings. The van der Waals surface area contributed by atoms with Crippen molar-refractivity contribution < 1.29 is 5.11 Å². The number of hydrogen-bond donors (Lipinski definition) is 2. The molecule has 1 heterocycles. The van der Waals surface area contributed by atoms with Gasteiger partial charge in [-0.05, 0) is 31.2 Å². The Morgan fingerprint density at radius 2 is 2.12 bits per heavy atom. The standard InChI is InChI=1S/C12H17ClN2O/c1-9-6-14-11(8-16)7-15(9)12-4-2-10(13)3-5-12/h2-5,9,11,14,16H,6-8H2,1H3. The molecule has 16 heavy (non-hydrogen) atoms. The molecule has 1 aromatic carbocycles. The Kier molecular flexibility index (Phi) is 3.69. The zero-order valence-electron chi connectivity index (χ0n) is 9.36. The summed E-state index contributed by atoms with van der Waals surface area (Å²) in [6, 6.07) is 8.45. The van der Waals surface area contributed by atoms with Crippen molar-refractivity contribution >= 4 is 17.3 Å². The lowest BCUT2D eigenvalue weighted by atomic mass is 10.1. The van der Waals surface area contributed by atoms with Crippen LogP contribution in [0.4, 0.5) is 5.69 Å². The van der Waals surface area contributed by atoms with Crippen LogP contribution in [0.1, 0.15) is 6.92 Å². The third-order valence-corrected chi connectivity index (χ3v) is 3.28. The summed E-state index contributed by atoms with van der Waals surface area (Å²) in [5.41, 5.74) is 1.16. The molecule has 1 saturated heterocycles. The molecule has 2 unspecified atom stereocenters. The first-order chi connectivity index (χ1) is 7.70. The summed E-state index contributed by atoms with van der Waals surface area (Å²) in [6.45, 7) is 4.08. The van der Waals surface area contributed by atoms with E-state index in [0.29, 0.717) is 6.04 Å². The summed E-state index contributed by atoms with van der Waals surface area (Å²) in [7, 11) is 0. The summed E-state index contributed by atoms with van der Waals surface area (Å²) < 4.78 is 0. The van der Waals surface area contributed by atoms with Crippen LogP contribution in [0.2, 0.25) is 5.02 Å². The van der Waals surface area contributed by atoms with Gasteiger partial charge in [0.25, 0.3) is 0 Å². The smallest absolute Gasteiger partial charge is 0.0601 e. The van der Waals surface area contributed by atoms with Gasteiger partial charge in [-0.15, -0.1) is 0 Å². The SMILES string of the molecule is CC1CNC(CO)CN1c1ccc(Cl)cc1. The largest absolute Gasteiger partial charge is 0.395 e. The minimum absolute atomic E-state index is 0.159. The van der Waals surface area contributed by atoms with Crippen LogP contribution in [-0.4, -0.2) is 36.9 Å². The molecule has 0 saturated carbocycles.